The van der Waals surface area contributed by atoms with Gasteiger partial charge in [0.05, 0.1) is 12.6 Å². The van der Waals surface area contributed by atoms with Gasteiger partial charge in [-0.25, -0.2) is 0 Å². The number of carbonyl (C=O) groups is 1. The van der Waals surface area contributed by atoms with Gasteiger partial charge in [0.25, 0.3) is 0 Å². The first-order valence-corrected chi connectivity index (χ1v) is 6.08. The highest BCUT2D eigenvalue weighted by Gasteiger charge is 2.15. The molecule has 2 atom stereocenters. The summed E-state index contributed by atoms with van der Waals surface area (Å²) in [4.78, 5) is 11.7. The van der Waals surface area contributed by atoms with E-state index >= 15 is 0 Å². The van der Waals surface area contributed by atoms with E-state index in [1.54, 1.807) is 0 Å². The summed E-state index contributed by atoms with van der Waals surface area (Å²) in [5.74, 6) is 2.31. The minimum atomic E-state index is -0.269. The normalized spacial score (nSPS) is 13.4. The molecular formula is C15H20N2O. The second-order valence-corrected chi connectivity index (χ2v) is 4.44. The van der Waals surface area contributed by atoms with Gasteiger partial charge >= 0.3 is 0 Å². The second kappa shape index (κ2) is 6.83. The molecule has 0 aliphatic heterocycles. The lowest BCUT2D eigenvalue weighted by atomic mass is 10.1. The van der Waals surface area contributed by atoms with Crippen molar-refractivity contribution in [3.05, 3.63) is 35.4 Å². The van der Waals surface area contributed by atoms with Crippen molar-refractivity contribution in [1.82, 2.24) is 10.6 Å². The zero-order valence-electron chi connectivity index (χ0n) is 11.2. The molecule has 0 aliphatic carbocycles. The maximum Gasteiger partial charge on any atom is 0.237 e. The molecule has 0 saturated carbocycles. The number of nitrogens with one attached hydrogen (secondary N) is 2. The van der Waals surface area contributed by atoms with Crippen LogP contribution in [0.3, 0.4) is 0 Å². The Bertz CT molecular complexity index is 431. The minimum absolute atomic E-state index is 0.0769. The van der Waals surface area contributed by atoms with Crippen molar-refractivity contribution in [2.75, 3.05) is 6.54 Å². The Kier molecular flexibility index (Phi) is 5.41. The fraction of sp³-hybridized carbons (Fsp3) is 0.400. The van der Waals surface area contributed by atoms with Crippen LogP contribution < -0.4 is 10.6 Å². The van der Waals surface area contributed by atoms with Crippen molar-refractivity contribution < 1.29 is 4.79 Å². The average Bonchev–Trinajstić information content (AvgIpc) is 2.36. The van der Waals surface area contributed by atoms with Crippen molar-refractivity contribution in [1.29, 1.82) is 0 Å². The van der Waals surface area contributed by atoms with E-state index in [1.165, 1.54) is 5.56 Å². The average molecular weight is 244 g/mol. The van der Waals surface area contributed by atoms with E-state index in [0.29, 0.717) is 0 Å². The van der Waals surface area contributed by atoms with E-state index in [4.69, 9.17) is 6.42 Å². The first-order valence-electron chi connectivity index (χ1n) is 6.08. The van der Waals surface area contributed by atoms with E-state index < -0.39 is 0 Å². The van der Waals surface area contributed by atoms with Crippen LogP contribution in [0.5, 0.6) is 0 Å². The summed E-state index contributed by atoms with van der Waals surface area (Å²) in [6, 6.07) is 8.12. The molecule has 18 heavy (non-hydrogen) atoms. The van der Waals surface area contributed by atoms with Gasteiger partial charge in [0, 0.05) is 6.04 Å². The van der Waals surface area contributed by atoms with Crippen LogP contribution in [-0.4, -0.2) is 18.5 Å². The second-order valence-electron chi connectivity index (χ2n) is 4.44. The largest absolute Gasteiger partial charge is 0.344 e. The molecule has 3 nitrogen and oxygen atoms in total. The maximum atomic E-state index is 11.7. The molecule has 1 aromatic rings. The lowest BCUT2D eigenvalue weighted by Gasteiger charge is -2.19. The summed E-state index contributed by atoms with van der Waals surface area (Å²) in [6.45, 7) is 6.19. The molecule has 0 aliphatic rings. The van der Waals surface area contributed by atoms with Crippen LogP contribution in [0.25, 0.3) is 0 Å². The Labute approximate surface area is 109 Å². The van der Waals surface area contributed by atoms with Gasteiger partial charge in [0.1, 0.15) is 0 Å². The smallest absolute Gasteiger partial charge is 0.237 e. The molecule has 2 N–H and O–H groups in total. The van der Waals surface area contributed by atoms with Crippen LogP contribution in [0.2, 0.25) is 0 Å². The zero-order chi connectivity index (χ0) is 13.5. The topological polar surface area (TPSA) is 41.1 Å². The molecule has 0 aromatic heterocycles. The van der Waals surface area contributed by atoms with Crippen LogP contribution in [0.15, 0.2) is 24.3 Å². The molecule has 0 bridgehead atoms. The molecule has 1 aromatic carbocycles. The molecule has 96 valence electrons. The van der Waals surface area contributed by atoms with Crippen molar-refractivity contribution in [3.63, 3.8) is 0 Å². The number of amides is 1. The lowest BCUT2D eigenvalue weighted by Crippen LogP contribution is -2.43. The minimum Gasteiger partial charge on any atom is -0.344 e. The summed E-state index contributed by atoms with van der Waals surface area (Å²) in [5, 5.41) is 5.90. The SMILES string of the molecule is C#CCNC(=O)C(C)N[C@@H](C)c1ccc(C)cc1. The third-order valence-electron chi connectivity index (χ3n) is 2.84. The Balaban J connectivity index is 2.54. The molecule has 1 rings (SSSR count). The lowest BCUT2D eigenvalue weighted by molar-refractivity contribution is -0.122. The summed E-state index contributed by atoms with van der Waals surface area (Å²) in [7, 11) is 0. The number of carbonyl (C=O) groups excluding carboxylic acids is 1. The van der Waals surface area contributed by atoms with Gasteiger partial charge in [-0.3, -0.25) is 10.1 Å². The molecule has 0 fully saturated rings. The number of hydrogen-bond acceptors (Lipinski definition) is 2. The predicted molar refractivity (Wildman–Crippen MR) is 74.0 cm³/mol. The standard InChI is InChI=1S/C15H20N2O/c1-5-10-16-15(18)13(4)17-12(3)14-8-6-11(2)7-9-14/h1,6-9,12-13,17H,10H2,2-4H3,(H,16,18)/t12-,13?/m0/s1. The molecular weight excluding hydrogens is 224 g/mol. The predicted octanol–water partition coefficient (Wildman–Crippen LogP) is 1.78. The molecule has 1 amide bonds. The number of benzene rings is 1. The molecule has 1 unspecified atom stereocenters. The van der Waals surface area contributed by atoms with E-state index in [2.05, 4.69) is 47.7 Å². The van der Waals surface area contributed by atoms with E-state index in [1.807, 2.05) is 13.8 Å². The number of aryl methyl sites for hydroxylation is 1. The summed E-state index contributed by atoms with van der Waals surface area (Å²) < 4.78 is 0. The zero-order valence-corrected chi connectivity index (χ0v) is 11.2. The first-order chi connectivity index (χ1) is 8.54. The number of terminal acetylenes is 1. The van der Waals surface area contributed by atoms with Gasteiger partial charge in [-0.2, -0.15) is 0 Å². The molecule has 0 radical (unpaired) electrons. The quantitative estimate of drug-likeness (QED) is 0.775. The summed E-state index contributed by atoms with van der Waals surface area (Å²) in [5.41, 5.74) is 2.39. The van der Waals surface area contributed by atoms with Gasteiger partial charge in [-0.15, -0.1) is 6.42 Å². The molecule has 0 saturated heterocycles. The molecule has 0 heterocycles. The Morgan fingerprint density at radius 2 is 1.94 bits per heavy atom. The highest BCUT2D eigenvalue weighted by atomic mass is 16.2. The van der Waals surface area contributed by atoms with Crippen LogP contribution >= 0.6 is 0 Å². The van der Waals surface area contributed by atoms with Crippen molar-refractivity contribution in [2.45, 2.75) is 32.9 Å². The van der Waals surface area contributed by atoms with E-state index in [9.17, 15) is 4.79 Å². The summed E-state index contributed by atoms with van der Waals surface area (Å²) in [6.07, 6.45) is 5.10. The monoisotopic (exact) mass is 244 g/mol. The van der Waals surface area contributed by atoms with Crippen LogP contribution in [-0.2, 0) is 4.79 Å². The fourth-order valence-corrected chi connectivity index (χ4v) is 1.69. The van der Waals surface area contributed by atoms with Crippen LogP contribution in [0.1, 0.15) is 31.0 Å². The van der Waals surface area contributed by atoms with Gasteiger partial charge in [0.2, 0.25) is 5.91 Å². The highest BCUT2D eigenvalue weighted by Crippen LogP contribution is 2.13. The Morgan fingerprint density at radius 1 is 1.33 bits per heavy atom. The third kappa shape index (κ3) is 4.23. The molecule has 0 spiro atoms. The fourth-order valence-electron chi connectivity index (χ4n) is 1.69. The van der Waals surface area contributed by atoms with Crippen LogP contribution in [0.4, 0.5) is 0 Å². The van der Waals surface area contributed by atoms with Gasteiger partial charge in [0.15, 0.2) is 0 Å². The van der Waals surface area contributed by atoms with Gasteiger partial charge in [-0.1, -0.05) is 35.7 Å². The van der Waals surface area contributed by atoms with Gasteiger partial charge in [-0.05, 0) is 26.3 Å². The van der Waals surface area contributed by atoms with E-state index in [-0.39, 0.29) is 24.5 Å². The van der Waals surface area contributed by atoms with Crippen LogP contribution in [0, 0.1) is 19.3 Å². The van der Waals surface area contributed by atoms with E-state index in [0.717, 1.165) is 5.56 Å². The summed E-state index contributed by atoms with van der Waals surface area (Å²) >= 11 is 0. The highest BCUT2D eigenvalue weighted by molar-refractivity contribution is 5.81. The number of rotatable bonds is 5. The third-order valence-corrected chi connectivity index (χ3v) is 2.84. The van der Waals surface area contributed by atoms with Crippen molar-refractivity contribution >= 4 is 5.91 Å². The number of hydrogen-bond donors (Lipinski definition) is 2. The first kappa shape index (κ1) is 14.3. The Hall–Kier alpha value is -1.79. The van der Waals surface area contributed by atoms with Gasteiger partial charge < -0.3 is 5.32 Å². The van der Waals surface area contributed by atoms with Crippen molar-refractivity contribution in [2.24, 2.45) is 0 Å². The van der Waals surface area contributed by atoms with Crippen molar-refractivity contribution in [3.8, 4) is 12.3 Å². The molecule has 3 heteroatoms. The maximum absolute atomic E-state index is 11.7. The Morgan fingerprint density at radius 3 is 2.50 bits per heavy atom.